The molecular formula is C20H18N4OS. The van der Waals surface area contributed by atoms with Crippen molar-refractivity contribution < 1.29 is 0 Å². The maximum atomic E-state index is 12.4. The first-order chi connectivity index (χ1) is 12.5. The summed E-state index contributed by atoms with van der Waals surface area (Å²) in [4.78, 5) is 18.0. The number of rotatable bonds is 4. The predicted molar refractivity (Wildman–Crippen MR) is 104 cm³/mol. The SMILES string of the molecule is Cc1ccc(Sc2cn(C)c(=O)c(Nc3ccc(C#N)cc3)n2)c(C)c1. The molecule has 0 aliphatic heterocycles. The summed E-state index contributed by atoms with van der Waals surface area (Å²) in [5.41, 5.74) is 3.45. The second-order valence-electron chi connectivity index (χ2n) is 6.03. The van der Waals surface area contributed by atoms with Crippen molar-refractivity contribution in [3.8, 4) is 6.07 Å². The number of benzene rings is 2. The lowest BCUT2D eigenvalue weighted by Gasteiger charge is -2.11. The molecule has 0 aliphatic carbocycles. The zero-order valence-electron chi connectivity index (χ0n) is 14.8. The first-order valence-electron chi connectivity index (χ1n) is 8.06. The van der Waals surface area contributed by atoms with E-state index in [1.165, 1.54) is 27.5 Å². The second-order valence-corrected chi connectivity index (χ2v) is 7.09. The Balaban J connectivity index is 1.91. The molecule has 3 aromatic rings. The zero-order chi connectivity index (χ0) is 18.7. The molecule has 130 valence electrons. The molecule has 0 bridgehead atoms. The Bertz CT molecular complexity index is 1050. The Labute approximate surface area is 156 Å². The van der Waals surface area contributed by atoms with Gasteiger partial charge in [0.2, 0.25) is 0 Å². The minimum atomic E-state index is -0.209. The van der Waals surface area contributed by atoms with E-state index in [2.05, 4.69) is 48.4 Å². The molecule has 5 nitrogen and oxygen atoms in total. The van der Waals surface area contributed by atoms with E-state index in [9.17, 15) is 4.79 Å². The molecule has 1 N–H and O–H groups in total. The number of anilines is 2. The van der Waals surface area contributed by atoms with Gasteiger partial charge in [-0.1, -0.05) is 29.5 Å². The van der Waals surface area contributed by atoms with Gasteiger partial charge in [0.25, 0.3) is 5.56 Å². The summed E-state index contributed by atoms with van der Waals surface area (Å²) in [6, 6.07) is 15.2. The van der Waals surface area contributed by atoms with Crippen LogP contribution >= 0.6 is 11.8 Å². The lowest BCUT2D eigenvalue weighted by atomic mass is 10.2. The fraction of sp³-hybridized carbons (Fsp3) is 0.150. The molecule has 3 rings (SSSR count). The summed E-state index contributed by atoms with van der Waals surface area (Å²) in [6.07, 6.45) is 1.73. The number of aromatic nitrogens is 2. The number of nitriles is 1. The van der Waals surface area contributed by atoms with Crippen LogP contribution in [0.15, 0.2) is 63.4 Å². The molecule has 0 unspecified atom stereocenters. The molecule has 0 atom stereocenters. The monoisotopic (exact) mass is 362 g/mol. The first kappa shape index (κ1) is 17.8. The topological polar surface area (TPSA) is 70.7 Å². The minimum absolute atomic E-state index is 0.209. The van der Waals surface area contributed by atoms with Crippen molar-refractivity contribution in [1.29, 1.82) is 5.26 Å². The molecule has 0 radical (unpaired) electrons. The van der Waals surface area contributed by atoms with E-state index in [4.69, 9.17) is 5.26 Å². The van der Waals surface area contributed by atoms with Gasteiger partial charge in [-0.05, 0) is 49.7 Å². The Morgan fingerprint density at radius 1 is 1.15 bits per heavy atom. The molecule has 0 saturated carbocycles. The highest BCUT2D eigenvalue weighted by molar-refractivity contribution is 7.99. The van der Waals surface area contributed by atoms with Crippen molar-refractivity contribution in [3.05, 3.63) is 75.7 Å². The third kappa shape index (κ3) is 3.95. The average Bonchev–Trinajstić information content (AvgIpc) is 2.62. The van der Waals surface area contributed by atoms with Crippen LogP contribution in [-0.4, -0.2) is 9.55 Å². The number of aryl methyl sites for hydroxylation is 3. The van der Waals surface area contributed by atoms with Crippen molar-refractivity contribution in [3.63, 3.8) is 0 Å². The number of nitrogens with one attached hydrogen (secondary N) is 1. The molecule has 1 aromatic heterocycles. The van der Waals surface area contributed by atoms with Crippen LogP contribution in [0, 0.1) is 25.2 Å². The van der Waals surface area contributed by atoms with Gasteiger partial charge in [0.15, 0.2) is 5.82 Å². The Kier molecular flexibility index (Phi) is 5.10. The van der Waals surface area contributed by atoms with Crippen LogP contribution < -0.4 is 10.9 Å². The molecule has 0 fully saturated rings. The van der Waals surface area contributed by atoms with Crippen LogP contribution in [0.2, 0.25) is 0 Å². The van der Waals surface area contributed by atoms with E-state index in [1.54, 1.807) is 37.5 Å². The zero-order valence-corrected chi connectivity index (χ0v) is 15.6. The van der Waals surface area contributed by atoms with E-state index < -0.39 is 0 Å². The first-order valence-corrected chi connectivity index (χ1v) is 8.88. The number of hydrogen-bond acceptors (Lipinski definition) is 5. The van der Waals surface area contributed by atoms with Gasteiger partial charge in [-0.25, -0.2) is 4.98 Å². The van der Waals surface area contributed by atoms with Gasteiger partial charge < -0.3 is 9.88 Å². The van der Waals surface area contributed by atoms with E-state index in [0.29, 0.717) is 11.3 Å². The van der Waals surface area contributed by atoms with Gasteiger partial charge in [0.1, 0.15) is 5.03 Å². The van der Waals surface area contributed by atoms with Crippen LogP contribution in [0.5, 0.6) is 0 Å². The standard InChI is InChI=1S/C20H18N4OS/c1-13-4-9-17(14(2)10-13)26-18-12-24(3)20(25)19(23-18)22-16-7-5-15(11-21)6-8-16/h4-10,12H,1-3H3,(H,22,23). The highest BCUT2D eigenvalue weighted by Gasteiger charge is 2.10. The second kappa shape index (κ2) is 7.46. The summed E-state index contributed by atoms with van der Waals surface area (Å²) < 4.78 is 1.52. The quantitative estimate of drug-likeness (QED) is 0.754. The van der Waals surface area contributed by atoms with Crippen molar-refractivity contribution in [2.24, 2.45) is 7.05 Å². The molecule has 6 heteroatoms. The molecule has 0 aliphatic rings. The minimum Gasteiger partial charge on any atom is -0.336 e. The number of hydrogen-bond donors (Lipinski definition) is 1. The summed E-state index contributed by atoms with van der Waals surface area (Å²) in [6.45, 7) is 4.12. The Hall–Kier alpha value is -3.04. The van der Waals surface area contributed by atoms with Crippen molar-refractivity contribution in [2.45, 2.75) is 23.8 Å². The average molecular weight is 362 g/mol. The van der Waals surface area contributed by atoms with Gasteiger partial charge in [-0.2, -0.15) is 5.26 Å². The number of nitrogens with zero attached hydrogens (tertiary/aromatic N) is 3. The van der Waals surface area contributed by atoms with Crippen molar-refractivity contribution >= 4 is 23.3 Å². The van der Waals surface area contributed by atoms with Crippen LogP contribution in [0.1, 0.15) is 16.7 Å². The summed E-state index contributed by atoms with van der Waals surface area (Å²) >= 11 is 1.52. The summed E-state index contributed by atoms with van der Waals surface area (Å²) in [7, 11) is 1.71. The molecule has 0 saturated heterocycles. The maximum absolute atomic E-state index is 12.4. The van der Waals surface area contributed by atoms with Gasteiger partial charge in [0.05, 0.1) is 11.6 Å². The molecule has 0 amide bonds. The van der Waals surface area contributed by atoms with Crippen molar-refractivity contribution in [1.82, 2.24) is 9.55 Å². The third-order valence-corrected chi connectivity index (χ3v) is 4.95. The predicted octanol–water partition coefficient (Wildman–Crippen LogP) is 4.16. The highest BCUT2D eigenvalue weighted by Crippen LogP contribution is 2.29. The lowest BCUT2D eigenvalue weighted by molar-refractivity contribution is 0.810. The summed E-state index contributed by atoms with van der Waals surface area (Å²) in [5.74, 6) is 0.256. The van der Waals surface area contributed by atoms with Crippen LogP contribution in [-0.2, 0) is 7.05 Å². The van der Waals surface area contributed by atoms with E-state index >= 15 is 0 Å². The van der Waals surface area contributed by atoms with Crippen molar-refractivity contribution in [2.75, 3.05) is 5.32 Å². The lowest BCUT2D eigenvalue weighted by Crippen LogP contribution is -2.21. The summed E-state index contributed by atoms with van der Waals surface area (Å²) in [5, 5.41) is 12.7. The van der Waals surface area contributed by atoms with Crippen LogP contribution in [0.4, 0.5) is 11.5 Å². The normalized spacial score (nSPS) is 10.4. The van der Waals surface area contributed by atoms with Gasteiger partial charge >= 0.3 is 0 Å². The highest BCUT2D eigenvalue weighted by atomic mass is 32.2. The smallest absolute Gasteiger partial charge is 0.293 e. The molecule has 1 heterocycles. The van der Waals surface area contributed by atoms with E-state index in [1.807, 2.05) is 0 Å². The van der Waals surface area contributed by atoms with Crippen LogP contribution in [0.25, 0.3) is 0 Å². The van der Waals surface area contributed by atoms with Crippen LogP contribution in [0.3, 0.4) is 0 Å². The van der Waals surface area contributed by atoms with Gasteiger partial charge in [0, 0.05) is 23.8 Å². The Morgan fingerprint density at radius 3 is 2.54 bits per heavy atom. The maximum Gasteiger partial charge on any atom is 0.293 e. The van der Waals surface area contributed by atoms with E-state index in [-0.39, 0.29) is 11.4 Å². The fourth-order valence-electron chi connectivity index (χ4n) is 2.50. The Morgan fingerprint density at radius 2 is 1.88 bits per heavy atom. The van der Waals surface area contributed by atoms with Gasteiger partial charge in [-0.3, -0.25) is 4.79 Å². The largest absolute Gasteiger partial charge is 0.336 e. The third-order valence-electron chi connectivity index (χ3n) is 3.87. The molecular weight excluding hydrogens is 344 g/mol. The van der Waals surface area contributed by atoms with E-state index in [0.717, 1.165) is 9.92 Å². The molecule has 26 heavy (non-hydrogen) atoms. The fourth-order valence-corrected chi connectivity index (χ4v) is 3.43. The molecule has 2 aromatic carbocycles. The molecule has 0 spiro atoms. The van der Waals surface area contributed by atoms with Gasteiger partial charge in [-0.15, -0.1) is 0 Å².